The van der Waals surface area contributed by atoms with Crippen molar-refractivity contribution in [2.24, 2.45) is 17.4 Å². The second-order valence-corrected chi connectivity index (χ2v) is 9.89. The fraction of sp³-hybridized carbons (Fsp3) is 0.407. The maximum Gasteiger partial charge on any atom is 0.243 e. The van der Waals surface area contributed by atoms with E-state index in [0.29, 0.717) is 5.56 Å². The van der Waals surface area contributed by atoms with E-state index in [4.69, 9.17) is 11.5 Å². The monoisotopic (exact) mass is 509 g/mol. The lowest BCUT2D eigenvalue weighted by Gasteiger charge is -2.30. The molecule has 1 unspecified atom stereocenters. The molecule has 1 heterocycles. The minimum atomic E-state index is -1.06. The third kappa shape index (κ3) is 7.07. The summed E-state index contributed by atoms with van der Waals surface area (Å²) < 4.78 is 0. The minimum Gasteiger partial charge on any atom is -0.508 e. The molecule has 1 aliphatic rings. The number of benzene rings is 2. The van der Waals surface area contributed by atoms with E-state index in [1.54, 1.807) is 32.9 Å². The number of hydrogen-bond donors (Lipinski definition) is 6. The highest BCUT2D eigenvalue weighted by Crippen LogP contribution is 2.23. The van der Waals surface area contributed by atoms with E-state index in [1.807, 2.05) is 24.3 Å². The summed E-state index contributed by atoms with van der Waals surface area (Å²) in [5.74, 6) is -3.00. The molecule has 198 valence electrons. The summed E-state index contributed by atoms with van der Waals surface area (Å²) in [6.45, 7) is 5.32. The number of nitrogens with two attached hydrogens (primary N) is 2. The summed E-state index contributed by atoms with van der Waals surface area (Å²) >= 11 is 0. The van der Waals surface area contributed by atoms with E-state index in [9.17, 15) is 24.3 Å². The van der Waals surface area contributed by atoms with Crippen LogP contribution in [0, 0.1) is 5.92 Å². The highest BCUT2D eigenvalue weighted by Gasteiger charge is 2.35. The summed E-state index contributed by atoms with van der Waals surface area (Å²) in [5, 5.41) is 17.8. The molecule has 2 bridgehead atoms. The van der Waals surface area contributed by atoms with Gasteiger partial charge in [0.1, 0.15) is 23.9 Å². The van der Waals surface area contributed by atoms with Gasteiger partial charge < -0.3 is 32.5 Å². The Bertz CT molecular complexity index is 1150. The van der Waals surface area contributed by atoms with Crippen molar-refractivity contribution in [3.05, 3.63) is 65.2 Å². The van der Waals surface area contributed by atoms with Crippen LogP contribution in [0.1, 0.15) is 43.4 Å². The largest absolute Gasteiger partial charge is 0.508 e. The van der Waals surface area contributed by atoms with Gasteiger partial charge in [0.05, 0.1) is 6.04 Å². The first-order chi connectivity index (χ1) is 17.5. The Balaban J connectivity index is 1.99. The Hall–Kier alpha value is -3.92. The van der Waals surface area contributed by atoms with Crippen molar-refractivity contribution in [3.63, 3.8) is 0 Å². The van der Waals surface area contributed by atoms with Crippen LogP contribution in [-0.2, 0) is 32.0 Å². The normalized spacial score (nSPS) is 23.2. The second kappa shape index (κ2) is 11.9. The zero-order valence-electron chi connectivity index (χ0n) is 21.2. The molecule has 4 amide bonds. The Morgan fingerprint density at radius 3 is 2.38 bits per heavy atom. The van der Waals surface area contributed by atoms with Gasteiger partial charge in [0.15, 0.2) is 0 Å². The van der Waals surface area contributed by atoms with Crippen molar-refractivity contribution in [2.75, 3.05) is 0 Å². The van der Waals surface area contributed by atoms with Crippen molar-refractivity contribution in [1.29, 1.82) is 0 Å². The zero-order valence-corrected chi connectivity index (χ0v) is 21.2. The molecule has 8 N–H and O–H groups in total. The van der Waals surface area contributed by atoms with Crippen LogP contribution in [-0.4, -0.2) is 52.9 Å². The van der Waals surface area contributed by atoms with Gasteiger partial charge in [-0.25, -0.2) is 0 Å². The predicted octanol–water partition coefficient (Wildman–Crippen LogP) is 0.218. The molecule has 1 aliphatic heterocycles. The lowest BCUT2D eigenvalue weighted by molar-refractivity contribution is -0.134. The third-order valence-corrected chi connectivity index (χ3v) is 6.63. The molecule has 2 aromatic carbocycles. The van der Waals surface area contributed by atoms with Crippen molar-refractivity contribution in [1.82, 2.24) is 16.0 Å². The van der Waals surface area contributed by atoms with Gasteiger partial charge in [-0.05, 0) is 41.2 Å². The van der Waals surface area contributed by atoms with E-state index in [0.717, 1.165) is 11.1 Å². The highest BCUT2D eigenvalue weighted by atomic mass is 16.3. The summed E-state index contributed by atoms with van der Waals surface area (Å²) in [6, 6.07) is 9.68. The molecule has 0 radical (unpaired) electrons. The lowest BCUT2D eigenvalue weighted by Crippen LogP contribution is -2.60. The van der Waals surface area contributed by atoms with Gasteiger partial charge in [-0.2, -0.15) is 0 Å². The molecule has 3 rings (SSSR count). The van der Waals surface area contributed by atoms with Crippen LogP contribution < -0.4 is 27.4 Å². The van der Waals surface area contributed by atoms with E-state index >= 15 is 0 Å². The van der Waals surface area contributed by atoms with E-state index in [-0.39, 0.29) is 24.5 Å². The lowest BCUT2D eigenvalue weighted by atomic mass is 9.89. The van der Waals surface area contributed by atoms with Gasteiger partial charge in [0.25, 0.3) is 0 Å². The van der Waals surface area contributed by atoms with Crippen molar-refractivity contribution < 1.29 is 24.3 Å². The summed E-state index contributed by atoms with van der Waals surface area (Å²) in [7, 11) is 0. The number of amides is 4. The first kappa shape index (κ1) is 27.7. The molecule has 0 saturated heterocycles. The highest BCUT2D eigenvalue weighted by molar-refractivity contribution is 5.95. The van der Waals surface area contributed by atoms with Gasteiger partial charge in [0.2, 0.25) is 23.6 Å². The second-order valence-electron chi connectivity index (χ2n) is 9.89. The number of nitrogens with one attached hydrogen (secondary N) is 3. The number of rotatable bonds is 6. The number of carbonyl (C=O) groups excluding carboxylic acids is 4. The molecule has 0 spiro atoms. The fourth-order valence-corrected chi connectivity index (χ4v) is 4.38. The summed E-state index contributed by atoms with van der Waals surface area (Å²) in [5.41, 5.74) is 13.9. The molecule has 0 aliphatic carbocycles. The van der Waals surface area contributed by atoms with E-state index in [2.05, 4.69) is 16.0 Å². The van der Waals surface area contributed by atoms with E-state index in [1.165, 1.54) is 12.1 Å². The van der Waals surface area contributed by atoms with Gasteiger partial charge in [0, 0.05) is 12.3 Å². The fourth-order valence-electron chi connectivity index (χ4n) is 4.38. The molecule has 2 aromatic rings. The number of hydrogen-bond acceptors (Lipinski definition) is 6. The van der Waals surface area contributed by atoms with E-state index < -0.39 is 53.7 Å². The van der Waals surface area contributed by atoms with Gasteiger partial charge in [-0.3, -0.25) is 19.2 Å². The molecule has 37 heavy (non-hydrogen) atoms. The van der Waals surface area contributed by atoms with Crippen LogP contribution in [0.25, 0.3) is 0 Å². The Labute approximate surface area is 216 Å². The first-order valence-electron chi connectivity index (χ1n) is 12.3. The average molecular weight is 510 g/mol. The minimum absolute atomic E-state index is 0.0683. The maximum absolute atomic E-state index is 13.5. The standard InChI is InChI=1S/C27H35N5O5/c1-14(2)22(24(29)34)31-27(37)23-15(3)18-6-4-5-17(11-18)12-20(28)25(35)30-21(26(36)32-23)13-16-7-9-19(33)10-8-16/h4-11,14-15,20-23,33H,12-13,28H2,1-3H3,(H2,29,34)(H,30,35)(H,31,37)(H,32,36)/t15?,20-,21-,22+,23-/m0/s1. The average Bonchev–Trinajstić information content (AvgIpc) is 2.85. The smallest absolute Gasteiger partial charge is 0.243 e. The van der Waals surface area contributed by atoms with Crippen molar-refractivity contribution >= 4 is 23.6 Å². The Morgan fingerprint density at radius 2 is 1.76 bits per heavy atom. The van der Waals surface area contributed by atoms with Crippen LogP contribution in [0.2, 0.25) is 0 Å². The van der Waals surface area contributed by atoms with Crippen LogP contribution in [0.4, 0.5) is 0 Å². The van der Waals surface area contributed by atoms with Crippen molar-refractivity contribution in [3.8, 4) is 5.75 Å². The van der Waals surface area contributed by atoms with Crippen LogP contribution in [0.15, 0.2) is 48.5 Å². The molecule has 0 fully saturated rings. The SMILES string of the molecule is CC1c2cccc(c2)C[C@H](N)C(=O)N[C@@H](Cc2ccc(O)cc2)C(=O)N[C@@H]1C(=O)N[C@@H](C(N)=O)C(C)C. The topological polar surface area (TPSA) is 177 Å². The van der Waals surface area contributed by atoms with Gasteiger partial charge in [-0.1, -0.05) is 57.2 Å². The maximum atomic E-state index is 13.5. The number of aromatic hydroxyl groups is 1. The number of carbonyl (C=O) groups is 4. The number of primary amides is 1. The van der Waals surface area contributed by atoms with Crippen LogP contribution in [0.5, 0.6) is 5.75 Å². The summed E-state index contributed by atoms with van der Waals surface area (Å²) in [6.07, 6.45) is 0.350. The molecule has 5 atom stereocenters. The number of phenolic OH excluding ortho intramolecular Hbond substituents is 1. The Kier molecular flexibility index (Phi) is 8.88. The van der Waals surface area contributed by atoms with Crippen LogP contribution in [0.3, 0.4) is 0 Å². The molecule has 10 heteroatoms. The van der Waals surface area contributed by atoms with Gasteiger partial charge in [-0.15, -0.1) is 0 Å². The third-order valence-electron chi connectivity index (χ3n) is 6.63. The Morgan fingerprint density at radius 1 is 1.08 bits per heavy atom. The number of fused-ring (bicyclic) bond motifs is 2. The van der Waals surface area contributed by atoms with Crippen LogP contribution >= 0.6 is 0 Å². The first-order valence-corrected chi connectivity index (χ1v) is 12.3. The molecular formula is C27H35N5O5. The summed E-state index contributed by atoms with van der Waals surface area (Å²) in [4.78, 5) is 51.8. The van der Waals surface area contributed by atoms with Crippen molar-refractivity contribution in [2.45, 2.75) is 63.7 Å². The molecule has 10 nitrogen and oxygen atoms in total. The van der Waals surface area contributed by atoms with Gasteiger partial charge >= 0.3 is 0 Å². The zero-order chi connectivity index (χ0) is 27.3. The number of phenols is 1. The molecule has 0 aromatic heterocycles. The predicted molar refractivity (Wildman–Crippen MR) is 138 cm³/mol. The molecule has 0 saturated carbocycles. The quantitative estimate of drug-likeness (QED) is 0.324. The molecular weight excluding hydrogens is 474 g/mol.